The van der Waals surface area contributed by atoms with E-state index in [0.717, 1.165) is 0 Å². The minimum Gasteiger partial charge on any atom is -0.507 e. The van der Waals surface area contributed by atoms with Crippen LogP contribution in [0.15, 0.2) is 45.6 Å². The van der Waals surface area contributed by atoms with E-state index in [-0.39, 0.29) is 46.7 Å². The molecule has 186 valence electrons. The molecule has 0 amide bonds. The van der Waals surface area contributed by atoms with E-state index in [1.165, 1.54) is 36.4 Å². The van der Waals surface area contributed by atoms with Gasteiger partial charge in [0.2, 0.25) is 11.2 Å². The summed E-state index contributed by atoms with van der Waals surface area (Å²) in [6, 6.07) is 7.54. The predicted molar refractivity (Wildman–Crippen MR) is 118 cm³/mol. The van der Waals surface area contributed by atoms with Crippen molar-refractivity contribution < 1.29 is 41.7 Å². The quantitative estimate of drug-likeness (QED) is 0.507. The van der Waals surface area contributed by atoms with Gasteiger partial charge >= 0.3 is 12.1 Å². The molecule has 0 atom stereocenters. The first-order chi connectivity index (χ1) is 16.7. The Labute approximate surface area is 197 Å². The Morgan fingerprint density at radius 1 is 1.11 bits per heavy atom. The molecule has 1 aliphatic rings. The van der Waals surface area contributed by atoms with Gasteiger partial charge < -0.3 is 23.7 Å². The number of nitrogens with zero attached hydrogens (tertiary/aromatic N) is 1. The van der Waals surface area contributed by atoms with Crippen LogP contribution in [0.5, 0.6) is 17.2 Å². The number of carbonyl (C=O) groups is 1. The van der Waals surface area contributed by atoms with Crippen LogP contribution in [0.25, 0.3) is 11.0 Å². The van der Waals surface area contributed by atoms with Crippen LogP contribution in [0.1, 0.15) is 28.6 Å². The highest BCUT2D eigenvalue weighted by Crippen LogP contribution is 2.40. The van der Waals surface area contributed by atoms with Crippen LogP contribution in [0, 0.1) is 0 Å². The number of halogens is 3. The van der Waals surface area contributed by atoms with Crippen LogP contribution in [0.4, 0.5) is 13.2 Å². The minimum absolute atomic E-state index is 0.0670. The summed E-state index contributed by atoms with van der Waals surface area (Å²) in [7, 11) is 0. The van der Waals surface area contributed by atoms with E-state index in [0.29, 0.717) is 26.3 Å². The summed E-state index contributed by atoms with van der Waals surface area (Å²) >= 11 is 0. The Kier molecular flexibility index (Phi) is 6.99. The van der Waals surface area contributed by atoms with Crippen LogP contribution in [0.3, 0.4) is 0 Å². The van der Waals surface area contributed by atoms with E-state index >= 15 is 0 Å². The van der Waals surface area contributed by atoms with Gasteiger partial charge in [0.05, 0.1) is 36.3 Å². The standard InChI is InChI=1S/C24H22F3NO7/c1-2-33-23(31)14-3-5-15(6-4-14)34-21-19(30)16-7-8-18(29)17(13-28-9-11-32-12-10-28)20(16)35-22(21)24(25,26)27/h3-8,29H,2,9-13H2,1H3. The number of esters is 1. The summed E-state index contributed by atoms with van der Waals surface area (Å²) < 4.78 is 62.5. The van der Waals surface area contributed by atoms with Crippen molar-refractivity contribution in [3.05, 3.63) is 63.5 Å². The molecule has 1 saturated heterocycles. The summed E-state index contributed by atoms with van der Waals surface area (Å²) in [6.07, 6.45) is -5.06. The molecular formula is C24H22F3NO7. The van der Waals surface area contributed by atoms with E-state index < -0.39 is 29.1 Å². The zero-order valence-electron chi connectivity index (χ0n) is 18.7. The molecule has 2 heterocycles. The van der Waals surface area contributed by atoms with Crippen LogP contribution in [-0.2, 0) is 22.2 Å². The van der Waals surface area contributed by atoms with Gasteiger partial charge in [-0.1, -0.05) is 0 Å². The topological polar surface area (TPSA) is 98.4 Å². The summed E-state index contributed by atoms with van der Waals surface area (Å²) in [5.41, 5.74) is -1.17. The smallest absolute Gasteiger partial charge is 0.453 e. The average Bonchev–Trinajstić information content (AvgIpc) is 2.83. The molecule has 0 aliphatic carbocycles. The van der Waals surface area contributed by atoms with Gasteiger partial charge in [-0.25, -0.2) is 4.79 Å². The van der Waals surface area contributed by atoms with Gasteiger partial charge in [0, 0.05) is 19.6 Å². The van der Waals surface area contributed by atoms with Gasteiger partial charge in [0.25, 0.3) is 5.76 Å². The Morgan fingerprint density at radius 3 is 2.43 bits per heavy atom. The number of alkyl halides is 3. The number of fused-ring (bicyclic) bond motifs is 1. The molecule has 1 aromatic heterocycles. The van der Waals surface area contributed by atoms with Gasteiger partial charge in [-0.2, -0.15) is 13.2 Å². The maximum atomic E-state index is 13.9. The van der Waals surface area contributed by atoms with Gasteiger partial charge in [-0.05, 0) is 43.3 Å². The first kappa shape index (κ1) is 24.6. The van der Waals surface area contributed by atoms with E-state index in [2.05, 4.69) is 0 Å². The van der Waals surface area contributed by atoms with Crippen molar-refractivity contribution in [3.8, 4) is 17.2 Å². The molecule has 0 saturated carbocycles. The number of aromatic hydroxyl groups is 1. The monoisotopic (exact) mass is 493 g/mol. The molecule has 0 unspecified atom stereocenters. The molecule has 2 aromatic carbocycles. The fourth-order valence-electron chi connectivity index (χ4n) is 3.69. The van der Waals surface area contributed by atoms with E-state index in [1.54, 1.807) is 6.92 Å². The fraction of sp³-hybridized carbons (Fsp3) is 0.333. The van der Waals surface area contributed by atoms with Crippen LogP contribution >= 0.6 is 0 Å². The van der Waals surface area contributed by atoms with Crippen LogP contribution in [0.2, 0.25) is 0 Å². The molecule has 0 bridgehead atoms. The highest BCUT2D eigenvalue weighted by Gasteiger charge is 2.41. The molecule has 0 radical (unpaired) electrons. The van der Waals surface area contributed by atoms with Crippen molar-refractivity contribution in [3.63, 3.8) is 0 Å². The third-order valence-corrected chi connectivity index (χ3v) is 5.43. The fourth-order valence-corrected chi connectivity index (χ4v) is 3.69. The zero-order valence-corrected chi connectivity index (χ0v) is 18.7. The number of benzene rings is 2. The van der Waals surface area contributed by atoms with Crippen molar-refractivity contribution in [2.45, 2.75) is 19.6 Å². The lowest BCUT2D eigenvalue weighted by atomic mass is 10.1. The van der Waals surface area contributed by atoms with Crippen LogP contribution < -0.4 is 10.2 Å². The number of carbonyl (C=O) groups excluding carboxylic acids is 1. The summed E-state index contributed by atoms with van der Waals surface area (Å²) in [6.45, 7) is 3.77. The molecule has 11 heteroatoms. The van der Waals surface area contributed by atoms with Crippen molar-refractivity contribution in [2.24, 2.45) is 0 Å². The van der Waals surface area contributed by atoms with Crippen molar-refractivity contribution in [1.82, 2.24) is 4.90 Å². The second kappa shape index (κ2) is 9.96. The Morgan fingerprint density at radius 2 is 1.80 bits per heavy atom. The van der Waals surface area contributed by atoms with E-state index in [4.69, 9.17) is 18.6 Å². The lowest BCUT2D eigenvalue weighted by Gasteiger charge is -2.27. The van der Waals surface area contributed by atoms with Crippen molar-refractivity contribution in [1.29, 1.82) is 0 Å². The van der Waals surface area contributed by atoms with E-state index in [9.17, 15) is 27.9 Å². The number of phenolic OH excluding ortho intramolecular Hbond substituents is 1. The zero-order chi connectivity index (χ0) is 25.2. The molecule has 1 N–H and O–H groups in total. The predicted octanol–water partition coefficient (Wildman–Crippen LogP) is 4.32. The third-order valence-electron chi connectivity index (χ3n) is 5.43. The molecule has 8 nitrogen and oxygen atoms in total. The Balaban J connectivity index is 1.77. The van der Waals surface area contributed by atoms with Gasteiger partial charge in [-0.3, -0.25) is 9.69 Å². The number of rotatable bonds is 6. The molecular weight excluding hydrogens is 471 g/mol. The molecule has 1 fully saturated rings. The Bertz CT molecular complexity index is 1280. The van der Waals surface area contributed by atoms with Crippen molar-refractivity contribution in [2.75, 3.05) is 32.9 Å². The van der Waals surface area contributed by atoms with Gasteiger partial charge in [-0.15, -0.1) is 0 Å². The lowest BCUT2D eigenvalue weighted by molar-refractivity contribution is -0.154. The summed E-state index contributed by atoms with van der Waals surface area (Å²) in [4.78, 5) is 26.8. The number of phenols is 1. The normalized spacial score (nSPS) is 14.7. The van der Waals surface area contributed by atoms with Gasteiger partial charge in [0.15, 0.2) is 0 Å². The second-order valence-corrected chi connectivity index (χ2v) is 7.76. The molecule has 1 aliphatic heterocycles. The SMILES string of the molecule is CCOC(=O)c1ccc(Oc2c(C(F)(F)F)oc3c(CN4CCOCC4)c(O)ccc3c2=O)cc1. The Hall–Kier alpha value is -3.57. The van der Waals surface area contributed by atoms with Crippen LogP contribution in [-0.4, -0.2) is 48.9 Å². The number of hydrogen-bond acceptors (Lipinski definition) is 8. The number of morpholine rings is 1. The third kappa shape index (κ3) is 5.25. The molecule has 3 aromatic rings. The maximum Gasteiger partial charge on any atom is 0.453 e. The molecule has 0 spiro atoms. The average molecular weight is 493 g/mol. The first-order valence-electron chi connectivity index (χ1n) is 10.8. The minimum atomic E-state index is -5.06. The summed E-state index contributed by atoms with van der Waals surface area (Å²) in [5.74, 6) is -3.67. The molecule has 4 rings (SSSR count). The maximum absolute atomic E-state index is 13.9. The van der Waals surface area contributed by atoms with Crippen molar-refractivity contribution >= 4 is 16.9 Å². The highest BCUT2D eigenvalue weighted by molar-refractivity contribution is 5.89. The molecule has 35 heavy (non-hydrogen) atoms. The summed E-state index contributed by atoms with van der Waals surface area (Å²) in [5, 5.41) is 10.2. The van der Waals surface area contributed by atoms with Gasteiger partial charge in [0.1, 0.15) is 17.1 Å². The highest BCUT2D eigenvalue weighted by atomic mass is 19.4. The lowest BCUT2D eigenvalue weighted by Crippen LogP contribution is -2.35. The number of hydrogen-bond donors (Lipinski definition) is 1. The van der Waals surface area contributed by atoms with E-state index in [1.807, 2.05) is 4.90 Å². The second-order valence-electron chi connectivity index (χ2n) is 7.76. The largest absolute Gasteiger partial charge is 0.507 e. The number of ether oxygens (including phenoxy) is 3. The first-order valence-corrected chi connectivity index (χ1v) is 10.8.